The third-order valence-electron chi connectivity index (χ3n) is 2.83. The highest BCUT2D eigenvalue weighted by atomic mass is 16.7. The Morgan fingerprint density at radius 1 is 1.55 bits per heavy atom. The lowest BCUT2D eigenvalue weighted by Gasteiger charge is -2.33. The molecule has 10 heteroatoms. The van der Waals surface area contributed by atoms with Crippen LogP contribution in [0.4, 0.5) is 0 Å². The Balaban J connectivity index is 2.81. The van der Waals surface area contributed by atoms with Crippen LogP contribution in [0.3, 0.4) is 0 Å². The van der Waals surface area contributed by atoms with E-state index in [0.29, 0.717) is 0 Å². The van der Waals surface area contributed by atoms with Gasteiger partial charge in [-0.25, -0.2) is 4.79 Å². The Kier molecular flexibility index (Phi) is 6.16. The van der Waals surface area contributed by atoms with Crippen LogP contribution in [0.15, 0.2) is 29.3 Å². The van der Waals surface area contributed by atoms with Gasteiger partial charge in [0.25, 0.3) is 0 Å². The van der Waals surface area contributed by atoms with Crippen LogP contribution in [0.5, 0.6) is 0 Å². The van der Waals surface area contributed by atoms with Crippen LogP contribution in [0.2, 0.25) is 0 Å². The molecule has 0 aromatic heterocycles. The molecular weight excluding hydrogens is 300 g/mol. The first kappa shape index (κ1) is 17.8. The summed E-state index contributed by atoms with van der Waals surface area (Å²) in [5, 5.41) is 38.8. The van der Waals surface area contributed by atoms with Gasteiger partial charge in [0.1, 0.15) is 22.9 Å². The van der Waals surface area contributed by atoms with Crippen LogP contribution in [-0.2, 0) is 14.3 Å². The van der Waals surface area contributed by atoms with E-state index in [4.69, 9.17) is 14.6 Å². The highest BCUT2D eigenvalue weighted by Gasteiger charge is 2.44. The first-order valence-corrected chi connectivity index (χ1v) is 6.20. The van der Waals surface area contributed by atoms with E-state index in [0.717, 1.165) is 6.21 Å². The number of aliphatic imine (C=N–C) groups is 1. The quantitative estimate of drug-likeness (QED) is 0.180. The maximum absolute atomic E-state index is 11.6. The van der Waals surface area contributed by atoms with Crippen molar-refractivity contribution in [3.8, 4) is 0 Å². The maximum Gasteiger partial charge on any atom is 0.426 e. The first-order valence-electron chi connectivity index (χ1n) is 6.20. The molecule has 1 heterocycles. The van der Waals surface area contributed by atoms with Gasteiger partial charge >= 0.3 is 11.9 Å². The van der Waals surface area contributed by atoms with Gasteiger partial charge in [0.05, 0.1) is 12.8 Å². The number of aliphatic hydroxyl groups excluding tert-OH is 3. The number of carbonyl (C=O) groups is 1. The topological polar surface area (TPSA) is 152 Å². The average Bonchev–Trinajstić information content (AvgIpc) is 2.48. The second-order valence-electron chi connectivity index (χ2n) is 4.31. The van der Waals surface area contributed by atoms with Crippen LogP contribution in [0.25, 0.3) is 0 Å². The molecule has 0 saturated carbocycles. The normalized spacial score (nSPS) is 29.3. The van der Waals surface area contributed by atoms with Gasteiger partial charge in [0.15, 0.2) is 12.1 Å². The number of nitrogens with zero attached hydrogens (tertiary/aromatic N) is 2. The lowest BCUT2D eigenvalue weighted by Crippen LogP contribution is -2.56. The largest absolute Gasteiger partial charge is 0.455 e. The molecule has 0 aromatic carbocycles. The third-order valence-corrected chi connectivity index (χ3v) is 2.83. The fourth-order valence-electron chi connectivity index (χ4n) is 1.62. The van der Waals surface area contributed by atoms with Gasteiger partial charge in [-0.2, -0.15) is 0 Å². The number of hydrogen-bond acceptors (Lipinski definition) is 9. The van der Waals surface area contributed by atoms with Crippen molar-refractivity contribution in [3.05, 3.63) is 34.4 Å². The summed E-state index contributed by atoms with van der Waals surface area (Å²) in [4.78, 5) is 24.9. The van der Waals surface area contributed by atoms with Crippen molar-refractivity contribution in [1.82, 2.24) is 0 Å². The molecule has 10 nitrogen and oxygen atoms in total. The number of esters is 1. The summed E-state index contributed by atoms with van der Waals surface area (Å²) in [6.45, 7) is 3.92. The lowest BCUT2D eigenvalue weighted by molar-refractivity contribution is -0.458. The first-order chi connectivity index (χ1) is 10.3. The van der Waals surface area contributed by atoms with E-state index in [1.165, 1.54) is 13.0 Å². The van der Waals surface area contributed by atoms with Crippen LogP contribution < -0.4 is 0 Å². The van der Waals surface area contributed by atoms with Crippen LogP contribution in [-0.4, -0.2) is 63.4 Å². The second-order valence-corrected chi connectivity index (χ2v) is 4.31. The van der Waals surface area contributed by atoms with Crippen molar-refractivity contribution in [3.63, 3.8) is 0 Å². The van der Waals surface area contributed by atoms with Crippen molar-refractivity contribution in [2.75, 3.05) is 6.61 Å². The van der Waals surface area contributed by atoms with E-state index in [-0.39, 0.29) is 5.76 Å². The summed E-state index contributed by atoms with van der Waals surface area (Å²) >= 11 is 0. The Labute approximate surface area is 125 Å². The highest BCUT2D eigenvalue weighted by molar-refractivity contribution is 5.83. The van der Waals surface area contributed by atoms with Crippen LogP contribution in [0, 0.1) is 10.1 Å². The molecule has 1 fully saturated rings. The number of aliphatic hydroxyl groups is 3. The minimum atomic E-state index is -1.59. The van der Waals surface area contributed by atoms with Crippen molar-refractivity contribution >= 4 is 12.2 Å². The van der Waals surface area contributed by atoms with Gasteiger partial charge in [0, 0.05) is 6.58 Å². The maximum atomic E-state index is 11.6. The number of carbonyl (C=O) groups excluding carboxylic acids is 1. The summed E-state index contributed by atoms with van der Waals surface area (Å²) in [5.74, 6) is -1.77. The second kappa shape index (κ2) is 7.64. The minimum absolute atomic E-state index is 0.0829. The molecule has 122 valence electrons. The highest BCUT2D eigenvalue weighted by Crippen LogP contribution is 2.19. The third kappa shape index (κ3) is 4.10. The smallest absolute Gasteiger partial charge is 0.426 e. The van der Waals surface area contributed by atoms with Crippen molar-refractivity contribution in [2.24, 2.45) is 4.99 Å². The SMILES string of the molecule is C=C(O/C(C=NC1C(=O)OC(CO)C(O)C1O)=C\C)[N+](=O)[O-]. The molecule has 4 atom stereocenters. The molecule has 1 rings (SSSR count). The van der Waals surface area contributed by atoms with Gasteiger partial charge in [-0.05, 0) is 13.0 Å². The molecule has 1 saturated heterocycles. The van der Waals surface area contributed by atoms with Gasteiger partial charge in [-0.1, -0.05) is 0 Å². The Morgan fingerprint density at radius 2 is 2.18 bits per heavy atom. The molecule has 1 aliphatic rings. The van der Waals surface area contributed by atoms with E-state index in [1.807, 2.05) is 0 Å². The zero-order valence-corrected chi connectivity index (χ0v) is 11.7. The zero-order chi connectivity index (χ0) is 16.9. The van der Waals surface area contributed by atoms with Gasteiger partial charge in [-0.3, -0.25) is 15.1 Å². The van der Waals surface area contributed by atoms with Gasteiger partial charge in [-0.15, -0.1) is 0 Å². The minimum Gasteiger partial charge on any atom is -0.455 e. The number of nitro groups is 1. The summed E-state index contributed by atoms with van der Waals surface area (Å²) in [5.41, 5.74) is 0. The summed E-state index contributed by atoms with van der Waals surface area (Å²) in [6.07, 6.45) is -2.04. The average molecular weight is 316 g/mol. The number of cyclic esters (lactones) is 1. The fraction of sp³-hybridized carbons (Fsp3) is 0.500. The number of allylic oxidation sites excluding steroid dienone is 2. The molecule has 0 spiro atoms. The van der Waals surface area contributed by atoms with E-state index in [9.17, 15) is 25.1 Å². The van der Waals surface area contributed by atoms with Crippen LogP contribution >= 0.6 is 0 Å². The number of ether oxygens (including phenoxy) is 2. The molecule has 0 aromatic rings. The molecule has 0 aliphatic carbocycles. The summed E-state index contributed by atoms with van der Waals surface area (Å²) in [6, 6.07) is -1.44. The van der Waals surface area contributed by atoms with Crippen molar-refractivity contribution < 1.29 is 34.5 Å². The molecule has 0 amide bonds. The van der Waals surface area contributed by atoms with Crippen molar-refractivity contribution in [2.45, 2.75) is 31.3 Å². The molecule has 4 unspecified atom stereocenters. The molecule has 0 bridgehead atoms. The fourth-order valence-corrected chi connectivity index (χ4v) is 1.62. The number of rotatable bonds is 6. The van der Waals surface area contributed by atoms with Crippen molar-refractivity contribution in [1.29, 1.82) is 0 Å². The van der Waals surface area contributed by atoms with E-state index in [1.54, 1.807) is 0 Å². The Morgan fingerprint density at radius 3 is 2.68 bits per heavy atom. The molecule has 1 aliphatic heterocycles. The number of hydrogen-bond donors (Lipinski definition) is 3. The summed E-state index contributed by atoms with van der Waals surface area (Å²) < 4.78 is 9.49. The standard InChI is InChI=1S/C12H16N2O8/c1-3-7(21-6(2)14(19)20)4-13-9-11(17)10(16)8(5-15)22-12(9)18/h3-4,8-11,15-17H,2,5H2,1H3/b7-3-,13-4?. The Hall–Kier alpha value is -2.30. The molecule has 22 heavy (non-hydrogen) atoms. The predicted molar refractivity (Wildman–Crippen MR) is 72.2 cm³/mol. The molecule has 0 radical (unpaired) electrons. The molecular formula is C12H16N2O8. The lowest BCUT2D eigenvalue weighted by atomic mass is 9.98. The zero-order valence-electron chi connectivity index (χ0n) is 11.7. The van der Waals surface area contributed by atoms with E-state index in [2.05, 4.69) is 11.6 Å². The predicted octanol–water partition coefficient (Wildman–Crippen LogP) is -1.27. The van der Waals surface area contributed by atoms with Gasteiger partial charge in [0.2, 0.25) is 0 Å². The Bertz CT molecular complexity index is 515. The van der Waals surface area contributed by atoms with Gasteiger partial charge < -0.3 is 24.8 Å². The summed E-state index contributed by atoms with van der Waals surface area (Å²) in [7, 11) is 0. The van der Waals surface area contributed by atoms with E-state index >= 15 is 0 Å². The monoisotopic (exact) mass is 316 g/mol. The van der Waals surface area contributed by atoms with E-state index < -0.39 is 47.7 Å². The molecule has 3 N–H and O–H groups in total. The van der Waals surface area contributed by atoms with Crippen LogP contribution in [0.1, 0.15) is 6.92 Å².